The predicted molar refractivity (Wildman–Crippen MR) is 101 cm³/mol. The third kappa shape index (κ3) is 3.95. The minimum atomic E-state index is 0.483. The molecule has 25 heavy (non-hydrogen) atoms. The Balaban J connectivity index is 1.84. The summed E-state index contributed by atoms with van der Waals surface area (Å²) in [7, 11) is 1.68. The standard InChI is InChI=1S/C18H22N6O/c1-12-7-8-13-14(23-12)5-3-6-15(13)24-18-16(19)17(21-11-22-18)20-9-4-10-25-2/h3,5-8,11H,4,9-10,19H2,1-2H3,(H2,20,21,22,24). The van der Waals surface area contributed by atoms with Gasteiger partial charge in [-0.1, -0.05) is 6.07 Å². The van der Waals surface area contributed by atoms with Crippen molar-refractivity contribution in [1.82, 2.24) is 15.0 Å². The van der Waals surface area contributed by atoms with Gasteiger partial charge in [-0.2, -0.15) is 0 Å². The molecule has 3 rings (SSSR count). The van der Waals surface area contributed by atoms with Crippen LogP contribution >= 0.6 is 0 Å². The molecular weight excluding hydrogens is 316 g/mol. The SMILES string of the molecule is COCCCNc1ncnc(Nc2cccc3nc(C)ccc23)c1N. The largest absolute Gasteiger partial charge is 0.393 e. The summed E-state index contributed by atoms with van der Waals surface area (Å²) >= 11 is 0. The molecule has 0 saturated carbocycles. The molecule has 0 spiro atoms. The smallest absolute Gasteiger partial charge is 0.159 e. The highest BCUT2D eigenvalue weighted by Gasteiger charge is 2.10. The fourth-order valence-corrected chi connectivity index (χ4v) is 2.55. The summed E-state index contributed by atoms with van der Waals surface area (Å²) in [5.74, 6) is 1.18. The number of aromatic nitrogens is 3. The van der Waals surface area contributed by atoms with Crippen LogP contribution < -0.4 is 16.4 Å². The Bertz CT molecular complexity index is 867. The van der Waals surface area contributed by atoms with Crippen LogP contribution in [0.3, 0.4) is 0 Å². The molecule has 0 fully saturated rings. The van der Waals surface area contributed by atoms with Gasteiger partial charge >= 0.3 is 0 Å². The van der Waals surface area contributed by atoms with Crippen molar-refractivity contribution < 1.29 is 4.74 Å². The summed E-state index contributed by atoms with van der Waals surface area (Å²) in [6.45, 7) is 3.39. The highest BCUT2D eigenvalue weighted by molar-refractivity contribution is 5.94. The molecule has 0 amide bonds. The first kappa shape index (κ1) is 16.9. The number of hydrogen-bond donors (Lipinski definition) is 3. The molecule has 0 unspecified atom stereocenters. The minimum absolute atomic E-state index is 0.483. The maximum Gasteiger partial charge on any atom is 0.159 e. The van der Waals surface area contributed by atoms with Gasteiger partial charge in [-0.3, -0.25) is 4.98 Å². The van der Waals surface area contributed by atoms with E-state index in [1.165, 1.54) is 6.33 Å². The number of ether oxygens (including phenoxy) is 1. The zero-order valence-corrected chi connectivity index (χ0v) is 14.4. The summed E-state index contributed by atoms with van der Waals surface area (Å²) in [5, 5.41) is 7.52. The Labute approximate surface area is 146 Å². The lowest BCUT2D eigenvalue weighted by atomic mass is 10.1. The number of pyridine rings is 1. The molecule has 130 valence electrons. The maximum atomic E-state index is 6.22. The van der Waals surface area contributed by atoms with Crippen LogP contribution in [0, 0.1) is 6.92 Å². The second kappa shape index (κ2) is 7.76. The number of nitrogens with two attached hydrogens (primary N) is 1. The van der Waals surface area contributed by atoms with Crippen molar-refractivity contribution in [3.8, 4) is 0 Å². The van der Waals surface area contributed by atoms with Crippen molar-refractivity contribution in [2.24, 2.45) is 0 Å². The highest BCUT2D eigenvalue weighted by atomic mass is 16.5. The van der Waals surface area contributed by atoms with E-state index in [9.17, 15) is 0 Å². The fraction of sp³-hybridized carbons (Fsp3) is 0.278. The minimum Gasteiger partial charge on any atom is -0.393 e. The van der Waals surface area contributed by atoms with Gasteiger partial charge in [0.25, 0.3) is 0 Å². The second-order valence-electron chi connectivity index (χ2n) is 5.71. The van der Waals surface area contributed by atoms with E-state index >= 15 is 0 Å². The number of hydrogen-bond acceptors (Lipinski definition) is 7. The molecule has 4 N–H and O–H groups in total. The Morgan fingerprint density at radius 3 is 2.80 bits per heavy atom. The zero-order valence-electron chi connectivity index (χ0n) is 14.4. The third-order valence-electron chi connectivity index (χ3n) is 3.83. The van der Waals surface area contributed by atoms with Gasteiger partial charge in [0.15, 0.2) is 11.6 Å². The number of aryl methyl sites for hydroxylation is 1. The molecule has 7 heteroatoms. The lowest BCUT2D eigenvalue weighted by Gasteiger charge is -2.13. The van der Waals surface area contributed by atoms with Crippen LogP contribution in [-0.2, 0) is 4.74 Å². The van der Waals surface area contributed by atoms with E-state index in [0.29, 0.717) is 23.9 Å². The Morgan fingerprint density at radius 2 is 1.96 bits per heavy atom. The van der Waals surface area contributed by atoms with Gasteiger partial charge in [0.2, 0.25) is 0 Å². The van der Waals surface area contributed by atoms with E-state index in [0.717, 1.165) is 35.2 Å². The normalized spacial score (nSPS) is 10.8. The molecule has 0 radical (unpaired) electrons. The molecule has 7 nitrogen and oxygen atoms in total. The van der Waals surface area contributed by atoms with Crippen molar-refractivity contribution in [1.29, 1.82) is 0 Å². The Morgan fingerprint density at radius 1 is 1.12 bits per heavy atom. The first-order chi connectivity index (χ1) is 12.2. The van der Waals surface area contributed by atoms with Gasteiger partial charge in [-0.05, 0) is 37.6 Å². The molecule has 2 heterocycles. The third-order valence-corrected chi connectivity index (χ3v) is 3.83. The number of methoxy groups -OCH3 is 1. The van der Waals surface area contributed by atoms with Crippen LogP contribution in [0.5, 0.6) is 0 Å². The number of nitrogen functional groups attached to an aromatic ring is 1. The number of nitrogens with zero attached hydrogens (tertiary/aromatic N) is 3. The van der Waals surface area contributed by atoms with E-state index in [1.54, 1.807) is 7.11 Å². The molecule has 0 atom stereocenters. The van der Waals surface area contributed by atoms with Gasteiger partial charge in [0.1, 0.15) is 12.0 Å². The molecule has 0 saturated heterocycles. The fourth-order valence-electron chi connectivity index (χ4n) is 2.55. The number of fused-ring (bicyclic) bond motifs is 1. The van der Waals surface area contributed by atoms with E-state index < -0.39 is 0 Å². The Kier molecular flexibility index (Phi) is 5.25. The molecule has 3 aromatic rings. The van der Waals surface area contributed by atoms with Crippen LogP contribution in [0.25, 0.3) is 10.9 Å². The second-order valence-corrected chi connectivity index (χ2v) is 5.71. The van der Waals surface area contributed by atoms with Crippen LogP contribution in [0.1, 0.15) is 12.1 Å². The molecular formula is C18H22N6O. The molecule has 1 aromatic carbocycles. The first-order valence-electron chi connectivity index (χ1n) is 8.15. The maximum absolute atomic E-state index is 6.22. The van der Waals surface area contributed by atoms with Crippen LogP contribution in [-0.4, -0.2) is 35.2 Å². The predicted octanol–water partition coefficient (Wildman–Crippen LogP) is 3.11. The number of rotatable bonds is 7. The summed E-state index contributed by atoms with van der Waals surface area (Å²) in [4.78, 5) is 13.0. The highest BCUT2D eigenvalue weighted by Crippen LogP contribution is 2.29. The summed E-state index contributed by atoms with van der Waals surface area (Å²) in [6, 6.07) is 9.95. The lowest BCUT2D eigenvalue weighted by Crippen LogP contribution is -2.10. The average molecular weight is 338 g/mol. The van der Waals surface area contributed by atoms with Crippen molar-refractivity contribution >= 4 is 33.9 Å². The number of anilines is 4. The van der Waals surface area contributed by atoms with Crippen LogP contribution in [0.4, 0.5) is 23.0 Å². The molecule has 0 aliphatic carbocycles. The first-order valence-corrected chi connectivity index (χ1v) is 8.15. The van der Waals surface area contributed by atoms with E-state index in [1.807, 2.05) is 37.3 Å². The molecule has 2 aromatic heterocycles. The molecule has 0 aliphatic heterocycles. The molecule has 0 bridgehead atoms. The summed E-state index contributed by atoms with van der Waals surface area (Å²) in [6.07, 6.45) is 2.36. The van der Waals surface area contributed by atoms with E-state index in [2.05, 4.69) is 25.6 Å². The van der Waals surface area contributed by atoms with Crippen molar-refractivity contribution in [3.05, 3.63) is 42.4 Å². The van der Waals surface area contributed by atoms with Gasteiger partial charge in [0, 0.05) is 37.0 Å². The van der Waals surface area contributed by atoms with Crippen molar-refractivity contribution in [2.75, 3.05) is 36.6 Å². The van der Waals surface area contributed by atoms with Crippen LogP contribution in [0.2, 0.25) is 0 Å². The summed E-state index contributed by atoms with van der Waals surface area (Å²) in [5.41, 5.74) is 9.51. The molecule has 0 aliphatic rings. The zero-order chi connectivity index (χ0) is 17.6. The van der Waals surface area contributed by atoms with Crippen molar-refractivity contribution in [3.63, 3.8) is 0 Å². The van der Waals surface area contributed by atoms with E-state index in [-0.39, 0.29) is 0 Å². The topological polar surface area (TPSA) is 98.0 Å². The van der Waals surface area contributed by atoms with Gasteiger partial charge in [0.05, 0.1) is 5.52 Å². The monoisotopic (exact) mass is 338 g/mol. The van der Waals surface area contributed by atoms with E-state index in [4.69, 9.17) is 10.5 Å². The quantitative estimate of drug-likeness (QED) is 0.569. The average Bonchev–Trinajstić information content (AvgIpc) is 2.61. The lowest BCUT2D eigenvalue weighted by molar-refractivity contribution is 0.198. The van der Waals surface area contributed by atoms with Gasteiger partial charge < -0.3 is 21.1 Å². The Hall–Kier alpha value is -2.93. The van der Waals surface area contributed by atoms with Crippen LogP contribution in [0.15, 0.2) is 36.7 Å². The summed E-state index contributed by atoms with van der Waals surface area (Å²) < 4.78 is 5.04. The van der Waals surface area contributed by atoms with Crippen molar-refractivity contribution in [2.45, 2.75) is 13.3 Å². The van der Waals surface area contributed by atoms with Gasteiger partial charge in [-0.25, -0.2) is 9.97 Å². The number of benzene rings is 1. The van der Waals surface area contributed by atoms with Gasteiger partial charge in [-0.15, -0.1) is 0 Å². The number of nitrogens with one attached hydrogen (secondary N) is 2.